The van der Waals surface area contributed by atoms with E-state index in [4.69, 9.17) is 11.6 Å². The minimum atomic E-state index is -0.357. The summed E-state index contributed by atoms with van der Waals surface area (Å²) in [4.78, 5) is 27.1. The lowest BCUT2D eigenvalue weighted by Crippen LogP contribution is -2.31. The van der Waals surface area contributed by atoms with Crippen LogP contribution < -0.4 is 5.32 Å². The van der Waals surface area contributed by atoms with Crippen molar-refractivity contribution in [2.24, 2.45) is 0 Å². The first kappa shape index (κ1) is 20.0. The first-order chi connectivity index (χ1) is 13.3. The fourth-order valence-electron chi connectivity index (χ4n) is 3.73. The number of phenols is 2. The molecule has 0 aromatic heterocycles. The van der Waals surface area contributed by atoms with Crippen LogP contribution in [0.2, 0.25) is 5.02 Å². The topological polar surface area (TPSA) is 89.9 Å². The van der Waals surface area contributed by atoms with Crippen LogP contribution in [-0.2, 0) is 0 Å². The molecule has 1 aliphatic rings. The Morgan fingerprint density at radius 3 is 2.68 bits per heavy atom. The van der Waals surface area contributed by atoms with Crippen molar-refractivity contribution in [2.45, 2.75) is 32.7 Å². The molecule has 2 aromatic carbocycles. The highest BCUT2D eigenvalue weighted by Gasteiger charge is 2.33. The molecule has 148 valence electrons. The zero-order chi connectivity index (χ0) is 20.4. The van der Waals surface area contributed by atoms with E-state index in [0.717, 1.165) is 30.0 Å². The van der Waals surface area contributed by atoms with Gasteiger partial charge in [-0.05, 0) is 49.9 Å². The molecule has 0 spiro atoms. The first-order valence-corrected chi connectivity index (χ1v) is 9.63. The molecule has 1 unspecified atom stereocenters. The Bertz CT molecular complexity index is 929. The molecule has 1 fully saturated rings. The van der Waals surface area contributed by atoms with Crippen LogP contribution in [0.25, 0.3) is 0 Å². The van der Waals surface area contributed by atoms with E-state index in [1.807, 2.05) is 26.0 Å². The van der Waals surface area contributed by atoms with Gasteiger partial charge in [-0.3, -0.25) is 9.59 Å². The van der Waals surface area contributed by atoms with E-state index in [0.29, 0.717) is 18.7 Å². The van der Waals surface area contributed by atoms with E-state index in [1.54, 1.807) is 11.0 Å². The molecule has 3 rings (SSSR count). The normalized spacial score (nSPS) is 16.2. The van der Waals surface area contributed by atoms with Crippen molar-refractivity contribution < 1.29 is 19.8 Å². The molecule has 0 aliphatic carbocycles. The predicted molar refractivity (Wildman–Crippen MR) is 107 cm³/mol. The van der Waals surface area contributed by atoms with Gasteiger partial charge in [0.2, 0.25) is 0 Å². The molecule has 3 N–H and O–H groups in total. The molecule has 1 heterocycles. The van der Waals surface area contributed by atoms with Gasteiger partial charge in [-0.25, -0.2) is 0 Å². The number of hydrogen-bond donors (Lipinski definition) is 3. The van der Waals surface area contributed by atoms with Crippen molar-refractivity contribution in [2.75, 3.05) is 13.1 Å². The number of nitrogens with one attached hydrogen (secondary N) is 1. The van der Waals surface area contributed by atoms with Crippen molar-refractivity contribution in [3.8, 4) is 11.5 Å². The van der Waals surface area contributed by atoms with Gasteiger partial charge in [0.1, 0.15) is 11.5 Å². The molecule has 2 aromatic rings. The molecular formula is C21H23ClN2O4. The Labute approximate surface area is 168 Å². The van der Waals surface area contributed by atoms with Crippen LogP contribution in [0.4, 0.5) is 0 Å². The van der Waals surface area contributed by atoms with Gasteiger partial charge < -0.3 is 20.4 Å². The molecule has 7 heteroatoms. The molecule has 0 saturated carbocycles. The van der Waals surface area contributed by atoms with Crippen LogP contribution in [0, 0.1) is 6.92 Å². The first-order valence-electron chi connectivity index (χ1n) is 9.25. The van der Waals surface area contributed by atoms with E-state index in [2.05, 4.69) is 5.32 Å². The molecule has 1 saturated heterocycles. The number of halogens is 1. The highest BCUT2D eigenvalue weighted by Crippen LogP contribution is 2.38. The number of likely N-dealkylation sites (tertiary alicyclic amines) is 1. The zero-order valence-corrected chi connectivity index (χ0v) is 16.6. The lowest BCUT2D eigenvalue weighted by molar-refractivity contribution is 0.0732. The summed E-state index contributed by atoms with van der Waals surface area (Å²) < 4.78 is 0. The van der Waals surface area contributed by atoms with Gasteiger partial charge in [0.05, 0.1) is 16.6 Å². The van der Waals surface area contributed by atoms with Crippen LogP contribution in [0.15, 0.2) is 30.3 Å². The maximum atomic E-state index is 13.1. The van der Waals surface area contributed by atoms with Crippen LogP contribution in [-0.4, -0.2) is 40.0 Å². The smallest absolute Gasteiger partial charge is 0.258 e. The van der Waals surface area contributed by atoms with Crippen molar-refractivity contribution in [3.05, 3.63) is 57.6 Å². The summed E-state index contributed by atoms with van der Waals surface area (Å²) in [7, 11) is 0. The molecule has 0 bridgehead atoms. The van der Waals surface area contributed by atoms with Gasteiger partial charge in [0.25, 0.3) is 11.8 Å². The number of amides is 2. The summed E-state index contributed by atoms with van der Waals surface area (Å²) in [5.41, 5.74) is 2.39. The second-order valence-corrected chi connectivity index (χ2v) is 7.26. The van der Waals surface area contributed by atoms with E-state index in [1.165, 1.54) is 6.07 Å². The summed E-state index contributed by atoms with van der Waals surface area (Å²) in [5, 5.41) is 22.5. The summed E-state index contributed by atoms with van der Waals surface area (Å²) in [6.07, 6.45) is 1.58. The van der Waals surface area contributed by atoms with Crippen molar-refractivity contribution in [1.82, 2.24) is 10.2 Å². The van der Waals surface area contributed by atoms with Crippen molar-refractivity contribution in [1.29, 1.82) is 0 Å². The van der Waals surface area contributed by atoms with Gasteiger partial charge in [0.15, 0.2) is 0 Å². The number of benzene rings is 2. The Kier molecular flexibility index (Phi) is 5.79. The minimum absolute atomic E-state index is 0.00584. The number of nitrogens with zero attached hydrogens (tertiary/aromatic N) is 1. The lowest BCUT2D eigenvalue weighted by atomic mass is 9.94. The monoisotopic (exact) mass is 402 g/mol. The maximum absolute atomic E-state index is 13.1. The molecule has 6 nitrogen and oxygen atoms in total. The molecule has 28 heavy (non-hydrogen) atoms. The van der Waals surface area contributed by atoms with Gasteiger partial charge in [0, 0.05) is 24.7 Å². The Morgan fingerprint density at radius 1 is 1.21 bits per heavy atom. The van der Waals surface area contributed by atoms with Crippen LogP contribution in [0.1, 0.15) is 57.7 Å². The van der Waals surface area contributed by atoms with E-state index in [9.17, 15) is 19.8 Å². The third-order valence-electron chi connectivity index (χ3n) is 5.13. The van der Waals surface area contributed by atoms with E-state index in [-0.39, 0.29) is 39.9 Å². The number of phenolic OH excluding ortho intramolecular Hbond substituents is 2. The quantitative estimate of drug-likeness (QED) is 0.725. The fraction of sp³-hybridized carbons (Fsp3) is 0.333. The average molecular weight is 403 g/mol. The van der Waals surface area contributed by atoms with Gasteiger partial charge in [-0.2, -0.15) is 0 Å². The molecular weight excluding hydrogens is 380 g/mol. The number of aromatic hydroxyl groups is 2. The largest absolute Gasteiger partial charge is 0.507 e. The molecule has 0 radical (unpaired) electrons. The third kappa shape index (κ3) is 3.64. The fourth-order valence-corrected chi connectivity index (χ4v) is 3.89. The lowest BCUT2D eigenvalue weighted by Gasteiger charge is -2.27. The molecule has 1 aliphatic heterocycles. The number of carbonyl (C=O) groups excluding carboxylic acids is 2. The van der Waals surface area contributed by atoms with E-state index >= 15 is 0 Å². The van der Waals surface area contributed by atoms with Gasteiger partial charge in [-0.15, -0.1) is 0 Å². The highest BCUT2D eigenvalue weighted by molar-refractivity contribution is 6.32. The van der Waals surface area contributed by atoms with Crippen molar-refractivity contribution in [3.63, 3.8) is 0 Å². The van der Waals surface area contributed by atoms with Crippen LogP contribution in [0.3, 0.4) is 0 Å². The highest BCUT2D eigenvalue weighted by atomic mass is 35.5. The summed E-state index contributed by atoms with van der Waals surface area (Å²) in [6.45, 7) is 4.82. The van der Waals surface area contributed by atoms with Gasteiger partial charge in [-0.1, -0.05) is 23.7 Å². The molecule has 2 amide bonds. The SMILES string of the molecule is CCNC(=O)c1cccc(C2CCCN2C(=O)c2cc(Cl)c(O)cc2O)c1C. The number of hydrogen-bond acceptors (Lipinski definition) is 4. The predicted octanol–water partition coefficient (Wildman–Crippen LogP) is 3.79. The number of rotatable bonds is 4. The summed E-state index contributed by atoms with van der Waals surface area (Å²) in [6, 6.07) is 7.68. The Morgan fingerprint density at radius 2 is 1.96 bits per heavy atom. The Balaban J connectivity index is 1.96. The third-order valence-corrected chi connectivity index (χ3v) is 5.43. The summed E-state index contributed by atoms with van der Waals surface area (Å²) >= 11 is 5.92. The minimum Gasteiger partial charge on any atom is -0.507 e. The maximum Gasteiger partial charge on any atom is 0.258 e. The number of carbonyl (C=O) groups is 2. The zero-order valence-electron chi connectivity index (χ0n) is 15.8. The standard InChI is InChI=1S/C21H23ClN2O4/c1-3-23-20(27)14-7-4-6-13(12(14)2)17-8-5-9-24(17)21(28)15-10-16(22)19(26)11-18(15)25/h4,6-7,10-11,17,25-26H,3,5,8-9H2,1-2H3,(H,23,27). The van der Waals surface area contributed by atoms with Crippen molar-refractivity contribution >= 4 is 23.4 Å². The Hall–Kier alpha value is -2.73. The van der Waals surface area contributed by atoms with E-state index < -0.39 is 0 Å². The van der Waals surface area contributed by atoms with Crippen LogP contribution in [0.5, 0.6) is 11.5 Å². The second kappa shape index (κ2) is 8.10. The second-order valence-electron chi connectivity index (χ2n) is 6.86. The van der Waals surface area contributed by atoms with Gasteiger partial charge >= 0.3 is 0 Å². The average Bonchev–Trinajstić information content (AvgIpc) is 3.14. The molecule has 1 atom stereocenters. The van der Waals surface area contributed by atoms with Crippen LogP contribution >= 0.6 is 11.6 Å². The summed E-state index contributed by atoms with van der Waals surface area (Å²) in [5.74, 6) is -1.09.